The minimum Gasteiger partial charge on any atom is -0.503 e. The highest BCUT2D eigenvalue weighted by atomic mass is 16.3. The number of rotatable bonds is 4. The largest absolute Gasteiger partial charge is 0.503 e. The van der Waals surface area contributed by atoms with E-state index in [0.717, 1.165) is 16.7 Å². The molecule has 2 heterocycles. The SMILES string of the molecule is CC(=O)C1=C(O)C(=O)N(Cc2ccc[nH+]c2)C1c1ccc(C)cc1. The third kappa shape index (κ3) is 2.80. The fourth-order valence-electron chi connectivity index (χ4n) is 3.00. The van der Waals surface area contributed by atoms with E-state index in [4.69, 9.17) is 0 Å². The first-order chi connectivity index (χ1) is 11.5. The van der Waals surface area contributed by atoms with Crippen LogP contribution in [0.2, 0.25) is 0 Å². The van der Waals surface area contributed by atoms with Crippen LogP contribution in [0, 0.1) is 6.92 Å². The number of carbonyl (C=O) groups is 2. The lowest BCUT2D eigenvalue weighted by molar-refractivity contribution is -0.378. The van der Waals surface area contributed by atoms with E-state index in [1.165, 1.54) is 11.8 Å². The molecule has 0 aliphatic carbocycles. The van der Waals surface area contributed by atoms with Crippen molar-refractivity contribution in [1.82, 2.24) is 4.90 Å². The molecule has 1 aromatic heterocycles. The molecular weight excluding hydrogens is 304 g/mol. The molecule has 1 aliphatic heterocycles. The molecule has 122 valence electrons. The number of nitrogens with one attached hydrogen (secondary N) is 1. The summed E-state index contributed by atoms with van der Waals surface area (Å²) in [7, 11) is 0. The van der Waals surface area contributed by atoms with E-state index >= 15 is 0 Å². The number of pyridine rings is 1. The Balaban J connectivity index is 2.04. The number of benzene rings is 1. The van der Waals surface area contributed by atoms with Gasteiger partial charge in [-0.2, -0.15) is 0 Å². The molecule has 0 radical (unpaired) electrons. The summed E-state index contributed by atoms with van der Waals surface area (Å²) in [6.45, 7) is 3.65. The van der Waals surface area contributed by atoms with Crippen LogP contribution in [0.25, 0.3) is 0 Å². The number of aromatic amines is 1. The summed E-state index contributed by atoms with van der Waals surface area (Å²) in [6, 6.07) is 10.8. The van der Waals surface area contributed by atoms with Crippen LogP contribution in [-0.2, 0) is 16.1 Å². The number of amides is 1. The maximum absolute atomic E-state index is 12.5. The first-order valence-corrected chi connectivity index (χ1v) is 7.75. The molecule has 2 N–H and O–H groups in total. The Bertz CT molecular complexity index is 810. The van der Waals surface area contributed by atoms with Crippen molar-refractivity contribution in [3.05, 3.63) is 76.8 Å². The number of hydrogen-bond acceptors (Lipinski definition) is 3. The van der Waals surface area contributed by atoms with Gasteiger partial charge in [0.15, 0.2) is 23.9 Å². The van der Waals surface area contributed by atoms with E-state index in [0.29, 0.717) is 6.54 Å². The second kappa shape index (κ2) is 6.28. The second-order valence-corrected chi connectivity index (χ2v) is 5.98. The summed E-state index contributed by atoms with van der Waals surface area (Å²) in [6.07, 6.45) is 3.58. The van der Waals surface area contributed by atoms with Crippen LogP contribution in [-0.4, -0.2) is 21.7 Å². The van der Waals surface area contributed by atoms with Crippen molar-refractivity contribution in [3.8, 4) is 0 Å². The van der Waals surface area contributed by atoms with Crippen LogP contribution >= 0.6 is 0 Å². The van der Waals surface area contributed by atoms with Crippen molar-refractivity contribution in [2.75, 3.05) is 0 Å². The van der Waals surface area contributed by atoms with E-state index in [1.54, 1.807) is 12.4 Å². The summed E-state index contributed by atoms with van der Waals surface area (Å²) in [5.74, 6) is -1.27. The molecular formula is C19H19N2O3+. The standard InChI is InChI=1S/C19H18N2O3/c1-12-5-7-15(8-6-12)17-16(13(2)22)18(23)19(24)21(17)11-14-4-3-9-20-10-14/h3-10,17,23H,11H2,1-2H3/p+1. The Morgan fingerprint density at radius 3 is 2.54 bits per heavy atom. The number of aromatic nitrogens is 1. The van der Waals surface area contributed by atoms with Gasteiger partial charge in [0, 0.05) is 11.6 Å². The van der Waals surface area contributed by atoms with E-state index in [1.807, 2.05) is 43.3 Å². The molecule has 1 unspecified atom stereocenters. The maximum atomic E-state index is 12.5. The summed E-state index contributed by atoms with van der Waals surface area (Å²) in [4.78, 5) is 29.1. The summed E-state index contributed by atoms with van der Waals surface area (Å²) < 4.78 is 0. The zero-order valence-electron chi connectivity index (χ0n) is 13.6. The minimum atomic E-state index is -0.573. The van der Waals surface area contributed by atoms with Gasteiger partial charge in [-0.05, 0) is 25.5 Å². The monoisotopic (exact) mass is 323 g/mol. The minimum absolute atomic E-state index is 0.156. The predicted octanol–water partition coefficient (Wildman–Crippen LogP) is 2.29. The van der Waals surface area contributed by atoms with Gasteiger partial charge in [-0.25, -0.2) is 4.98 Å². The Morgan fingerprint density at radius 2 is 1.96 bits per heavy atom. The van der Waals surface area contributed by atoms with Crippen LogP contribution in [0.3, 0.4) is 0 Å². The van der Waals surface area contributed by atoms with Gasteiger partial charge in [0.1, 0.15) is 0 Å². The quantitative estimate of drug-likeness (QED) is 0.938. The molecule has 0 bridgehead atoms. The number of ketones is 1. The highest BCUT2D eigenvalue weighted by Gasteiger charge is 2.42. The summed E-state index contributed by atoms with van der Waals surface area (Å²) >= 11 is 0. The zero-order chi connectivity index (χ0) is 17.3. The number of carbonyl (C=O) groups excluding carboxylic acids is 2. The highest BCUT2D eigenvalue weighted by molar-refractivity contribution is 6.08. The summed E-state index contributed by atoms with van der Waals surface area (Å²) in [5, 5.41) is 10.2. The molecule has 3 rings (SSSR count). The van der Waals surface area contributed by atoms with Crippen LogP contribution in [0.5, 0.6) is 0 Å². The van der Waals surface area contributed by atoms with Crippen LogP contribution in [0.15, 0.2) is 60.1 Å². The molecule has 0 fully saturated rings. The molecule has 1 aliphatic rings. The number of nitrogens with zero attached hydrogens (tertiary/aromatic N) is 1. The smallest absolute Gasteiger partial charge is 0.290 e. The van der Waals surface area contributed by atoms with Crippen molar-refractivity contribution in [2.45, 2.75) is 26.4 Å². The van der Waals surface area contributed by atoms with E-state index in [-0.39, 0.29) is 11.4 Å². The number of aliphatic hydroxyl groups excluding tert-OH is 1. The third-order valence-electron chi connectivity index (χ3n) is 4.20. The van der Waals surface area contributed by atoms with Gasteiger partial charge in [0.2, 0.25) is 0 Å². The molecule has 0 saturated carbocycles. The number of hydrogen-bond donors (Lipinski definition) is 1. The summed E-state index contributed by atoms with van der Waals surface area (Å²) in [5.41, 5.74) is 2.94. The Labute approximate surface area is 140 Å². The van der Waals surface area contributed by atoms with Gasteiger partial charge in [0.25, 0.3) is 5.91 Å². The van der Waals surface area contributed by atoms with Crippen molar-refractivity contribution < 1.29 is 19.7 Å². The Hall–Kier alpha value is -2.95. The molecule has 1 aromatic carbocycles. The Kier molecular flexibility index (Phi) is 4.16. The molecule has 1 amide bonds. The van der Waals surface area contributed by atoms with Gasteiger partial charge in [-0.1, -0.05) is 29.8 Å². The first kappa shape index (κ1) is 15.9. The zero-order valence-corrected chi connectivity index (χ0v) is 13.6. The van der Waals surface area contributed by atoms with Gasteiger partial charge in [-0.3, -0.25) is 9.59 Å². The number of aryl methyl sites for hydroxylation is 1. The number of Topliss-reactive ketones (excluding diaryl/α,β-unsaturated/α-hetero) is 1. The van der Waals surface area contributed by atoms with Gasteiger partial charge < -0.3 is 10.0 Å². The van der Waals surface area contributed by atoms with E-state index in [9.17, 15) is 14.7 Å². The van der Waals surface area contributed by atoms with Gasteiger partial charge >= 0.3 is 0 Å². The third-order valence-corrected chi connectivity index (χ3v) is 4.20. The lowest BCUT2D eigenvalue weighted by Gasteiger charge is -2.26. The Morgan fingerprint density at radius 1 is 1.25 bits per heavy atom. The molecule has 24 heavy (non-hydrogen) atoms. The first-order valence-electron chi connectivity index (χ1n) is 7.75. The van der Waals surface area contributed by atoms with Crippen molar-refractivity contribution in [2.24, 2.45) is 0 Å². The molecule has 2 aromatic rings. The second-order valence-electron chi connectivity index (χ2n) is 5.98. The number of H-pyrrole nitrogens is 1. The normalized spacial score (nSPS) is 17.5. The van der Waals surface area contributed by atoms with Crippen LogP contribution < -0.4 is 4.98 Å². The fraction of sp³-hybridized carbons (Fsp3) is 0.211. The highest BCUT2D eigenvalue weighted by Crippen LogP contribution is 2.38. The van der Waals surface area contributed by atoms with E-state index < -0.39 is 17.7 Å². The fourth-order valence-corrected chi connectivity index (χ4v) is 3.00. The predicted molar refractivity (Wildman–Crippen MR) is 87.8 cm³/mol. The lowest BCUT2D eigenvalue weighted by atomic mass is 9.96. The molecule has 1 atom stereocenters. The molecule has 0 saturated heterocycles. The van der Waals surface area contributed by atoms with Gasteiger partial charge in [-0.15, -0.1) is 0 Å². The van der Waals surface area contributed by atoms with Crippen molar-refractivity contribution in [3.63, 3.8) is 0 Å². The van der Waals surface area contributed by atoms with Crippen molar-refractivity contribution in [1.29, 1.82) is 0 Å². The molecule has 0 spiro atoms. The average molecular weight is 323 g/mol. The number of aliphatic hydroxyl groups is 1. The topological polar surface area (TPSA) is 71.8 Å². The van der Waals surface area contributed by atoms with Crippen LogP contribution in [0.4, 0.5) is 0 Å². The van der Waals surface area contributed by atoms with Crippen molar-refractivity contribution >= 4 is 11.7 Å². The lowest BCUT2D eigenvalue weighted by Crippen LogP contribution is -2.30. The van der Waals surface area contributed by atoms with E-state index in [2.05, 4.69) is 4.98 Å². The molecule has 5 nitrogen and oxygen atoms in total. The van der Waals surface area contributed by atoms with Gasteiger partial charge in [0.05, 0.1) is 18.2 Å². The molecule has 5 heteroatoms. The maximum Gasteiger partial charge on any atom is 0.290 e. The van der Waals surface area contributed by atoms with Crippen LogP contribution in [0.1, 0.15) is 29.7 Å². The average Bonchev–Trinajstić information content (AvgIpc) is 2.82.